The second kappa shape index (κ2) is 15.1. The molecule has 0 saturated carbocycles. The van der Waals surface area contributed by atoms with Gasteiger partial charge in [0.2, 0.25) is 0 Å². The monoisotopic (exact) mass is 395 g/mol. The molecule has 0 atom stereocenters. The molecule has 0 aromatic heterocycles. The second-order valence-corrected chi connectivity index (χ2v) is 3.20. The van der Waals surface area contributed by atoms with E-state index in [2.05, 4.69) is 19.7 Å². The minimum absolute atomic E-state index is 0. The molecule has 0 spiro atoms. The first-order chi connectivity index (χ1) is 7.93. The van der Waals surface area contributed by atoms with Crippen LogP contribution in [-0.2, 0) is 14.4 Å². The summed E-state index contributed by atoms with van der Waals surface area (Å²) in [5.41, 5.74) is 0.194. The molecule has 1 radical (unpaired) electrons. The van der Waals surface area contributed by atoms with E-state index >= 15 is 0 Å². The first-order valence-corrected chi connectivity index (χ1v) is 4.54. The summed E-state index contributed by atoms with van der Waals surface area (Å²) in [6.07, 6.45) is 0. The fourth-order valence-corrected chi connectivity index (χ4v) is 0. The van der Waals surface area contributed by atoms with Gasteiger partial charge < -0.3 is 29.7 Å². The molecule has 0 aromatic carbocycles. The van der Waals surface area contributed by atoms with E-state index in [1.807, 2.05) is 0 Å². The zero-order chi connectivity index (χ0) is 15.5. The Hall–Kier alpha value is -0.993. The second-order valence-electron chi connectivity index (χ2n) is 3.20. The van der Waals surface area contributed by atoms with Gasteiger partial charge in [-0.05, 0) is 37.5 Å². The number of hydrogen-bond donors (Lipinski definition) is 0. The molecule has 0 fully saturated rings. The van der Waals surface area contributed by atoms with Crippen LogP contribution in [0, 0.1) is 41.7 Å². The van der Waals surface area contributed by atoms with E-state index in [0.29, 0.717) is 0 Å². The van der Waals surface area contributed by atoms with Crippen molar-refractivity contribution in [1.29, 1.82) is 0 Å². The van der Waals surface area contributed by atoms with Crippen LogP contribution in [0.1, 0.15) is 20.8 Å². The van der Waals surface area contributed by atoms with Gasteiger partial charge in [0.25, 0.3) is 0 Å². The minimum atomic E-state index is -1.19. The van der Waals surface area contributed by atoms with Crippen LogP contribution < -0.4 is 15.3 Å². The van der Waals surface area contributed by atoms with E-state index in [-0.39, 0.29) is 58.5 Å². The predicted octanol–water partition coefficient (Wildman–Crippen LogP) is -2.06. The Morgan fingerprint density at radius 1 is 0.632 bits per heavy atom. The minimum Gasteiger partial charge on any atom is -0.545 e. The Labute approximate surface area is 145 Å². The molecule has 0 rings (SSSR count). The molecule has 6 nitrogen and oxygen atoms in total. The van der Waals surface area contributed by atoms with Crippen molar-refractivity contribution in [2.75, 3.05) is 0 Å². The molecule has 19 heavy (non-hydrogen) atoms. The molecular formula is C12H15CeO6. The maximum absolute atomic E-state index is 9.49. The zero-order valence-electron chi connectivity index (χ0n) is 11.1. The molecule has 7 heteroatoms. The van der Waals surface area contributed by atoms with E-state index in [9.17, 15) is 29.7 Å². The van der Waals surface area contributed by atoms with Crippen LogP contribution in [0.3, 0.4) is 0 Å². The number of carboxylic acids is 3. The molecule has 0 unspecified atom stereocenters. The average Bonchev–Trinajstić information content (AvgIpc) is 2.18. The van der Waals surface area contributed by atoms with Gasteiger partial charge >= 0.3 is 41.7 Å². The van der Waals surface area contributed by atoms with Gasteiger partial charge in [0, 0.05) is 0 Å². The van der Waals surface area contributed by atoms with Crippen molar-refractivity contribution in [3.05, 3.63) is 36.5 Å². The summed E-state index contributed by atoms with van der Waals surface area (Å²) < 4.78 is 0. The van der Waals surface area contributed by atoms with E-state index in [0.717, 1.165) is 0 Å². The van der Waals surface area contributed by atoms with E-state index in [1.54, 1.807) is 0 Å². The number of carboxylic acid groups (broad SMARTS) is 3. The standard InChI is InChI=1S/3C4H6O2.Ce/c3*1-3(2)4(5)6;/h3*1H2,2H3,(H,5,6);/q;;;+3/p-3. The van der Waals surface area contributed by atoms with Gasteiger partial charge in [-0.15, -0.1) is 0 Å². The molecule has 0 heterocycles. The largest absolute Gasteiger partial charge is 3.00 e. The third-order valence-corrected chi connectivity index (χ3v) is 1.05. The van der Waals surface area contributed by atoms with Crippen LogP contribution in [0.4, 0.5) is 0 Å². The molecule has 0 aliphatic carbocycles. The Bertz CT molecular complexity index is 277. The SMILES string of the molecule is C=C(C)C(=O)[O-].C=C(C)C(=O)[O-].C=C(C)C(=O)[O-].[Ce+3]. The summed E-state index contributed by atoms with van der Waals surface area (Å²) in [6, 6.07) is 0. The number of aliphatic carboxylic acids is 3. The summed E-state index contributed by atoms with van der Waals surface area (Å²) in [5.74, 6) is -3.56. The maximum Gasteiger partial charge on any atom is 3.00 e. The molecule has 0 bridgehead atoms. The molecule has 0 amide bonds. The smallest absolute Gasteiger partial charge is 0.545 e. The van der Waals surface area contributed by atoms with Crippen molar-refractivity contribution in [3.63, 3.8) is 0 Å². The van der Waals surface area contributed by atoms with Gasteiger partial charge in [0.05, 0.1) is 17.9 Å². The number of hydrogen-bond acceptors (Lipinski definition) is 6. The Balaban J connectivity index is -0.0000000865. The van der Waals surface area contributed by atoms with Gasteiger partial charge in [-0.3, -0.25) is 0 Å². The van der Waals surface area contributed by atoms with Crippen molar-refractivity contribution in [3.8, 4) is 0 Å². The molecule has 0 N–H and O–H groups in total. The quantitative estimate of drug-likeness (QED) is 0.507. The molecule has 0 aliphatic heterocycles. The zero-order valence-corrected chi connectivity index (χ0v) is 14.2. The summed E-state index contributed by atoms with van der Waals surface area (Å²) >= 11 is 0. The van der Waals surface area contributed by atoms with Crippen molar-refractivity contribution in [2.45, 2.75) is 20.8 Å². The first-order valence-electron chi connectivity index (χ1n) is 4.54. The number of carbonyl (C=O) groups excluding carboxylic acids is 3. The van der Waals surface area contributed by atoms with Gasteiger partial charge in [0.1, 0.15) is 0 Å². The molecular weight excluding hydrogens is 380 g/mol. The number of carbonyl (C=O) groups is 3. The average molecular weight is 395 g/mol. The van der Waals surface area contributed by atoms with E-state index in [4.69, 9.17) is 0 Å². The van der Waals surface area contributed by atoms with Crippen molar-refractivity contribution in [2.24, 2.45) is 0 Å². The van der Waals surface area contributed by atoms with Gasteiger partial charge in [-0.25, -0.2) is 0 Å². The topological polar surface area (TPSA) is 120 Å². The Morgan fingerprint density at radius 2 is 0.684 bits per heavy atom. The van der Waals surface area contributed by atoms with E-state index < -0.39 is 17.9 Å². The van der Waals surface area contributed by atoms with Gasteiger partial charge in [0.15, 0.2) is 0 Å². The first kappa shape index (κ1) is 26.5. The van der Waals surface area contributed by atoms with Crippen molar-refractivity contribution in [1.82, 2.24) is 0 Å². The maximum atomic E-state index is 9.49. The third kappa shape index (κ3) is 31.6. The molecule has 0 saturated heterocycles. The molecule has 103 valence electrons. The van der Waals surface area contributed by atoms with Crippen LogP contribution in [-0.4, -0.2) is 17.9 Å². The summed E-state index contributed by atoms with van der Waals surface area (Å²) in [5, 5.41) is 28.5. The van der Waals surface area contributed by atoms with E-state index in [1.165, 1.54) is 20.8 Å². The van der Waals surface area contributed by atoms with Crippen molar-refractivity contribution < 1.29 is 71.5 Å². The van der Waals surface area contributed by atoms with Crippen LogP contribution >= 0.6 is 0 Å². The van der Waals surface area contributed by atoms with Crippen LogP contribution in [0.15, 0.2) is 36.5 Å². The van der Waals surface area contributed by atoms with Crippen LogP contribution in [0.25, 0.3) is 0 Å². The fraction of sp³-hybridized carbons (Fsp3) is 0.250. The third-order valence-electron chi connectivity index (χ3n) is 1.05. The predicted molar refractivity (Wildman–Crippen MR) is 59.5 cm³/mol. The Morgan fingerprint density at radius 3 is 0.684 bits per heavy atom. The molecule has 0 aliphatic rings. The van der Waals surface area contributed by atoms with Gasteiger partial charge in [-0.2, -0.15) is 0 Å². The van der Waals surface area contributed by atoms with Crippen molar-refractivity contribution >= 4 is 17.9 Å². The molecule has 0 aromatic rings. The Kier molecular flexibility index (Phi) is 21.0. The van der Waals surface area contributed by atoms with Gasteiger partial charge in [-0.1, -0.05) is 19.7 Å². The summed E-state index contributed by atoms with van der Waals surface area (Å²) in [4.78, 5) is 28.5. The van der Waals surface area contributed by atoms with Crippen LogP contribution in [0.5, 0.6) is 0 Å². The van der Waals surface area contributed by atoms with Crippen LogP contribution in [0.2, 0.25) is 0 Å². The summed E-state index contributed by atoms with van der Waals surface area (Å²) in [7, 11) is 0. The normalized spacial score (nSPS) is 7.11. The summed E-state index contributed by atoms with van der Waals surface area (Å²) in [6.45, 7) is 13.4. The fourth-order valence-electron chi connectivity index (χ4n) is 0. The number of rotatable bonds is 3.